The number of aliphatic hydroxyl groups is 1. The first-order valence-corrected chi connectivity index (χ1v) is 5.78. The van der Waals surface area contributed by atoms with Gasteiger partial charge in [-0.1, -0.05) is 0 Å². The Labute approximate surface area is 115 Å². The second-order valence-corrected chi connectivity index (χ2v) is 4.79. The predicted molar refractivity (Wildman–Crippen MR) is 60.1 cm³/mol. The number of aliphatic hydroxyl groups excluding tert-OH is 1. The third-order valence-electron chi connectivity index (χ3n) is 1.99. The number of methoxy groups -OCH3 is 1. The Kier molecular flexibility index (Phi) is 6.00. The highest BCUT2D eigenvalue weighted by Crippen LogP contribution is 2.48. The molecule has 0 fully saturated rings. The number of carbonyl (C=O) groups excluding carboxylic acids is 2. The summed E-state index contributed by atoms with van der Waals surface area (Å²) in [6.07, 6.45) is -5.57. The van der Waals surface area contributed by atoms with Crippen LogP contribution in [0.15, 0.2) is 10.7 Å². The summed E-state index contributed by atoms with van der Waals surface area (Å²) in [6, 6.07) is 0. The number of hydrogen-bond donors (Lipinski definition) is 1. The van der Waals surface area contributed by atoms with E-state index in [1.807, 2.05) is 0 Å². The van der Waals surface area contributed by atoms with E-state index < -0.39 is 51.5 Å². The van der Waals surface area contributed by atoms with Gasteiger partial charge in [-0.2, -0.15) is 22.0 Å². The molecule has 0 aliphatic rings. The highest BCUT2D eigenvalue weighted by Gasteiger charge is 2.62. The van der Waals surface area contributed by atoms with Crippen LogP contribution in [0.1, 0.15) is 13.8 Å². The molecule has 0 radical (unpaired) electrons. The summed E-state index contributed by atoms with van der Waals surface area (Å²) in [5.41, 5.74) is 0. The number of ketones is 1. The first-order chi connectivity index (χ1) is 8.84. The van der Waals surface area contributed by atoms with E-state index in [1.165, 1.54) is 0 Å². The van der Waals surface area contributed by atoms with Crippen molar-refractivity contribution in [1.29, 1.82) is 0 Å². The average Bonchev–Trinajstić information content (AvgIpc) is 2.22. The molecule has 4 nitrogen and oxygen atoms in total. The van der Waals surface area contributed by atoms with Crippen LogP contribution in [0.25, 0.3) is 0 Å². The fraction of sp³-hybridized carbons (Fsp3) is 0.600. The Balaban J connectivity index is 5.62. The molecular weight excluding hydrogens is 311 g/mol. The molecule has 0 rings (SSSR count). The van der Waals surface area contributed by atoms with Gasteiger partial charge in [0.05, 0.1) is 12.0 Å². The zero-order valence-electron chi connectivity index (χ0n) is 10.5. The standard InChI is InChI=1S/C10H11F5O4S/c1-4(16)6(5(2)17)20-10(14,15)7(8(18)19-3)9(11,12)13/h7,16H,1-3H3/b6-4-/t7-/m1/s1. The molecule has 0 heterocycles. The van der Waals surface area contributed by atoms with Gasteiger partial charge >= 0.3 is 17.4 Å². The molecule has 1 atom stereocenters. The number of alkyl halides is 5. The minimum atomic E-state index is -5.57. The molecule has 10 heteroatoms. The van der Waals surface area contributed by atoms with Crippen molar-refractivity contribution >= 4 is 23.5 Å². The Bertz CT molecular complexity index is 426. The summed E-state index contributed by atoms with van der Waals surface area (Å²) in [5, 5.41) is 4.32. The molecular formula is C10H11F5O4S. The molecule has 0 unspecified atom stereocenters. The van der Waals surface area contributed by atoms with Crippen molar-refractivity contribution in [2.75, 3.05) is 7.11 Å². The number of ether oxygens (including phenoxy) is 1. The smallest absolute Gasteiger partial charge is 0.409 e. The fourth-order valence-corrected chi connectivity index (χ4v) is 2.09. The zero-order chi connectivity index (χ0) is 16.3. The largest absolute Gasteiger partial charge is 0.511 e. The third kappa shape index (κ3) is 4.66. The highest BCUT2D eigenvalue weighted by atomic mass is 32.2. The summed E-state index contributed by atoms with van der Waals surface area (Å²) >= 11 is -0.832. The lowest BCUT2D eigenvalue weighted by Crippen LogP contribution is -2.44. The SMILES string of the molecule is COC(=O)[C@H](C(F)(F)F)C(F)(F)S/C(C(C)=O)=C(/C)O. The molecule has 0 saturated carbocycles. The predicted octanol–water partition coefficient (Wildman–Crippen LogP) is 3.04. The Morgan fingerprint density at radius 1 is 1.15 bits per heavy atom. The number of hydrogen-bond acceptors (Lipinski definition) is 5. The zero-order valence-corrected chi connectivity index (χ0v) is 11.4. The van der Waals surface area contributed by atoms with Gasteiger partial charge in [-0.05, 0) is 25.6 Å². The molecule has 0 amide bonds. The van der Waals surface area contributed by atoms with Gasteiger partial charge in [0.15, 0.2) is 5.78 Å². The number of esters is 1. The molecule has 1 N–H and O–H groups in total. The van der Waals surface area contributed by atoms with E-state index in [-0.39, 0.29) is 0 Å². The average molecular weight is 322 g/mol. The number of rotatable bonds is 5. The van der Waals surface area contributed by atoms with Gasteiger partial charge in [-0.15, -0.1) is 0 Å². The van der Waals surface area contributed by atoms with E-state index in [0.717, 1.165) is 13.8 Å². The summed E-state index contributed by atoms with van der Waals surface area (Å²) in [5.74, 6) is -7.86. The molecule has 0 aromatic carbocycles. The van der Waals surface area contributed by atoms with Crippen LogP contribution in [-0.4, -0.2) is 35.4 Å². The number of thioether (sulfide) groups is 1. The summed E-state index contributed by atoms with van der Waals surface area (Å²) < 4.78 is 68.6. The van der Waals surface area contributed by atoms with Gasteiger partial charge in [0.1, 0.15) is 5.76 Å². The minimum Gasteiger partial charge on any atom is -0.511 e. The minimum absolute atomic E-state index is 0.529. The molecule has 0 aliphatic carbocycles. The number of allylic oxidation sites excluding steroid dienone is 2. The van der Waals surface area contributed by atoms with E-state index in [9.17, 15) is 31.5 Å². The molecule has 20 heavy (non-hydrogen) atoms. The van der Waals surface area contributed by atoms with Crippen molar-refractivity contribution in [3.63, 3.8) is 0 Å². The fourth-order valence-electron chi connectivity index (χ4n) is 1.17. The van der Waals surface area contributed by atoms with Crippen molar-refractivity contribution in [3.8, 4) is 0 Å². The van der Waals surface area contributed by atoms with Crippen LogP contribution < -0.4 is 0 Å². The molecule has 0 spiro atoms. The highest BCUT2D eigenvalue weighted by molar-refractivity contribution is 8.05. The maximum absolute atomic E-state index is 13.6. The lowest BCUT2D eigenvalue weighted by atomic mass is 10.1. The van der Waals surface area contributed by atoms with E-state index in [2.05, 4.69) is 4.74 Å². The van der Waals surface area contributed by atoms with Crippen LogP contribution >= 0.6 is 11.8 Å². The quantitative estimate of drug-likeness (QED) is 0.365. The van der Waals surface area contributed by atoms with Gasteiger partial charge in [-0.25, -0.2) is 0 Å². The normalized spacial score (nSPS) is 15.4. The Morgan fingerprint density at radius 2 is 1.60 bits per heavy atom. The van der Waals surface area contributed by atoms with Crippen molar-refractivity contribution in [1.82, 2.24) is 0 Å². The molecule has 0 aromatic rings. The second-order valence-electron chi connectivity index (χ2n) is 3.63. The van der Waals surface area contributed by atoms with Gasteiger partial charge in [0, 0.05) is 0 Å². The lowest BCUT2D eigenvalue weighted by molar-refractivity contribution is -0.224. The number of carbonyl (C=O) groups is 2. The first kappa shape index (κ1) is 18.7. The first-order valence-electron chi connectivity index (χ1n) is 4.96. The van der Waals surface area contributed by atoms with Crippen molar-refractivity contribution in [2.45, 2.75) is 25.3 Å². The van der Waals surface area contributed by atoms with Crippen LogP contribution in [-0.2, 0) is 14.3 Å². The maximum Gasteiger partial charge on any atom is 0.409 e. The van der Waals surface area contributed by atoms with Crippen molar-refractivity contribution in [3.05, 3.63) is 10.7 Å². The molecule has 116 valence electrons. The van der Waals surface area contributed by atoms with Crippen molar-refractivity contribution in [2.24, 2.45) is 5.92 Å². The van der Waals surface area contributed by atoms with Gasteiger partial charge in [0.2, 0.25) is 5.92 Å². The van der Waals surface area contributed by atoms with Gasteiger partial charge < -0.3 is 9.84 Å². The van der Waals surface area contributed by atoms with E-state index in [0.29, 0.717) is 7.11 Å². The van der Waals surface area contributed by atoms with Crippen LogP contribution in [0.2, 0.25) is 0 Å². The van der Waals surface area contributed by atoms with E-state index >= 15 is 0 Å². The van der Waals surface area contributed by atoms with Crippen molar-refractivity contribution < 1.29 is 41.4 Å². The number of Topliss-reactive ketones (excluding diaryl/α,β-unsaturated/α-hetero) is 1. The van der Waals surface area contributed by atoms with E-state index in [1.54, 1.807) is 0 Å². The monoisotopic (exact) mass is 322 g/mol. The summed E-state index contributed by atoms with van der Waals surface area (Å²) in [7, 11) is 0.529. The lowest BCUT2D eigenvalue weighted by Gasteiger charge is -2.26. The third-order valence-corrected chi connectivity index (χ3v) is 3.28. The Morgan fingerprint density at radius 3 is 1.85 bits per heavy atom. The topological polar surface area (TPSA) is 63.6 Å². The van der Waals surface area contributed by atoms with E-state index in [4.69, 9.17) is 5.11 Å². The van der Waals surface area contributed by atoms with Crippen LogP contribution in [0, 0.1) is 5.92 Å². The summed E-state index contributed by atoms with van der Waals surface area (Å²) in [6.45, 7) is 1.65. The summed E-state index contributed by atoms with van der Waals surface area (Å²) in [4.78, 5) is 21.0. The molecule has 0 bridgehead atoms. The maximum atomic E-state index is 13.6. The number of halogens is 5. The molecule has 0 aromatic heterocycles. The van der Waals surface area contributed by atoms with Crippen LogP contribution in [0.5, 0.6) is 0 Å². The Hall–Kier alpha value is -1.32. The van der Waals surface area contributed by atoms with Crippen LogP contribution in [0.3, 0.4) is 0 Å². The second kappa shape index (κ2) is 6.42. The van der Waals surface area contributed by atoms with Gasteiger partial charge in [0.25, 0.3) is 0 Å². The molecule has 0 aliphatic heterocycles. The molecule has 0 saturated heterocycles. The van der Waals surface area contributed by atoms with Crippen LogP contribution in [0.4, 0.5) is 22.0 Å². The van der Waals surface area contributed by atoms with Gasteiger partial charge in [-0.3, -0.25) is 9.59 Å².